The van der Waals surface area contributed by atoms with E-state index in [-0.39, 0.29) is 64.2 Å². The number of rotatable bonds is 10. The zero-order valence-corrected chi connectivity index (χ0v) is 30.8. The molecule has 3 saturated carbocycles. The number of hydrogen-bond acceptors (Lipinski definition) is 8. The second-order valence-corrected chi connectivity index (χ2v) is 18.1. The van der Waals surface area contributed by atoms with Crippen molar-refractivity contribution in [1.82, 2.24) is 20.2 Å². The molecule has 0 bridgehead atoms. The van der Waals surface area contributed by atoms with Gasteiger partial charge in [-0.2, -0.15) is 4.80 Å². The summed E-state index contributed by atoms with van der Waals surface area (Å²) in [5.41, 5.74) is 11.7. The van der Waals surface area contributed by atoms with Crippen molar-refractivity contribution in [3.63, 3.8) is 0 Å². The first kappa shape index (κ1) is 36.2. The van der Waals surface area contributed by atoms with Crippen LogP contribution in [0.5, 0.6) is 0 Å². The predicted molar refractivity (Wildman–Crippen MR) is 184 cm³/mol. The summed E-state index contributed by atoms with van der Waals surface area (Å²) in [6.45, 7) is 22.8. The first-order valence-electron chi connectivity index (χ1n) is 18.3. The number of carbonyl (C=O) groups is 1. The van der Waals surface area contributed by atoms with Crippen molar-refractivity contribution in [1.29, 1.82) is 0 Å². The molecule has 0 amide bonds. The van der Waals surface area contributed by atoms with Gasteiger partial charge in [-0.15, -0.1) is 5.10 Å². The van der Waals surface area contributed by atoms with Gasteiger partial charge in [-0.1, -0.05) is 79.1 Å². The molecule has 1 aromatic heterocycles. The summed E-state index contributed by atoms with van der Waals surface area (Å²) in [5, 5.41) is 35.5. The number of nitrogens with two attached hydrogens (primary N) is 2. The van der Waals surface area contributed by atoms with Crippen LogP contribution in [0.1, 0.15) is 127 Å². The number of nitrogens with zero attached hydrogens (tertiary/aromatic N) is 4. The standard InChI is InChI=1S/C37H64N6O4/c1-11-33(7,39)18-19-47-29-26(43-41-31(38)40-42-43)20-37(21-44)25-14-15-36(10)28(30(45)46)34(8,23(4)22(2)3)16-17-35(36,9)24(25)12-13-27(37)32(29,5)6/h14,22-24,26-29,44H,11-13,15-21,39H2,1-10H3,(H2,38,41)(H,45,46)/t23-,24+,26-,27+,28-,29+,33?,34-,35-,36+,37+/m1/s1. The Kier molecular flexibility index (Phi) is 9.31. The average Bonchev–Trinajstić information content (AvgIpc) is 3.43. The molecule has 6 N–H and O–H groups in total. The van der Waals surface area contributed by atoms with E-state index in [1.807, 2.05) is 0 Å². The van der Waals surface area contributed by atoms with Crippen LogP contribution in [-0.4, -0.2) is 61.2 Å². The number of carboxylic acid groups (broad SMARTS) is 1. The third kappa shape index (κ3) is 5.38. The Morgan fingerprint density at radius 3 is 2.38 bits per heavy atom. The molecule has 4 aliphatic rings. The maximum absolute atomic E-state index is 13.4. The smallest absolute Gasteiger partial charge is 0.307 e. The Morgan fingerprint density at radius 2 is 1.83 bits per heavy atom. The van der Waals surface area contributed by atoms with Crippen LogP contribution < -0.4 is 11.5 Å². The van der Waals surface area contributed by atoms with E-state index in [1.54, 1.807) is 4.80 Å². The molecule has 1 unspecified atom stereocenters. The maximum Gasteiger partial charge on any atom is 0.307 e. The van der Waals surface area contributed by atoms with E-state index in [9.17, 15) is 15.0 Å². The van der Waals surface area contributed by atoms with Gasteiger partial charge in [-0.05, 0) is 109 Å². The number of ether oxygens (including phenoxy) is 1. The molecular formula is C37H64N6O4. The number of aliphatic hydroxyl groups excluding tert-OH is 1. The lowest BCUT2D eigenvalue weighted by Gasteiger charge is -2.70. The zero-order chi connectivity index (χ0) is 35.0. The van der Waals surface area contributed by atoms with Gasteiger partial charge >= 0.3 is 5.97 Å². The van der Waals surface area contributed by atoms with Gasteiger partial charge in [0.1, 0.15) is 6.04 Å². The average molecular weight is 657 g/mol. The first-order chi connectivity index (χ1) is 21.8. The van der Waals surface area contributed by atoms with E-state index in [2.05, 4.69) is 90.7 Å². The van der Waals surface area contributed by atoms with E-state index in [1.165, 1.54) is 5.57 Å². The molecule has 266 valence electrons. The Morgan fingerprint density at radius 1 is 1.15 bits per heavy atom. The summed E-state index contributed by atoms with van der Waals surface area (Å²) in [7, 11) is 0. The second kappa shape index (κ2) is 12.1. The Hall–Kier alpha value is -2.04. The minimum atomic E-state index is -0.666. The van der Waals surface area contributed by atoms with Gasteiger partial charge in [0.05, 0.1) is 18.6 Å². The summed E-state index contributed by atoms with van der Waals surface area (Å²) >= 11 is 0. The fraction of sp³-hybridized carbons (Fsp3) is 0.892. The number of nitrogen functional groups attached to an aromatic ring is 1. The number of tetrazole rings is 1. The third-order valence-electron chi connectivity index (χ3n) is 15.3. The fourth-order valence-electron chi connectivity index (χ4n) is 11.7. The Bertz CT molecular complexity index is 1360. The minimum absolute atomic E-state index is 0.00475. The van der Waals surface area contributed by atoms with Crippen molar-refractivity contribution in [3.8, 4) is 0 Å². The number of allylic oxidation sites excluding steroid dienone is 1. The van der Waals surface area contributed by atoms with Crippen LogP contribution >= 0.6 is 0 Å². The predicted octanol–water partition coefficient (Wildman–Crippen LogP) is 6.27. The number of aliphatic hydroxyl groups is 1. The van der Waals surface area contributed by atoms with Crippen LogP contribution in [0.15, 0.2) is 11.6 Å². The maximum atomic E-state index is 13.4. The van der Waals surface area contributed by atoms with Crippen molar-refractivity contribution in [3.05, 3.63) is 11.6 Å². The normalized spacial score (nSPS) is 41.6. The van der Waals surface area contributed by atoms with Crippen LogP contribution in [0.3, 0.4) is 0 Å². The topological polar surface area (TPSA) is 162 Å². The zero-order valence-electron chi connectivity index (χ0n) is 30.8. The molecule has 0 saturated heterocycles. The van der Waals surface area contributed by atoms with E-state index in [4.69, 9.17) is 16.2 Å². The molecule has 3 fully saturated rings. The lowest BCUT2D eigenvalue weighted by atomic mass is 9.34. The minimum Gasteiger partial charge on any atom is -0.481 e. The molecule has 11 atom stereocenters. The SMILES string of the molecule is CCC(C)(N)CCO[C@H]1[C@H](n2nnc(N)n2)C[C@]2(CO)C3=CC[C@@]4(C)[C@H](C(=O)O)[C@@](C)([C@H](C)C(C)C)CC[C@]4(C)[C@H]3CC[C@H]2C1(C)C. The van der Waals surface area contributed by atoms with Crippen molar-refractivity contribution in [2.45, 2.75) is 138 Å². The lowest BCUT2D eigenvalue weighted by molar-refractivity contribution is -0.208. The van der Waals surface area contributed by atoms with Crippen LogP contribution in [0.2, 0.25) is 0 Å². The lowest BCUT2D eigenvalue weighted by Crippen LogP contribution is -2.66. The molecule has 0 aliphatic heterocycles. The van der Waals surface area contributed by atoms with Crippen molar-refractivity contribution >= 4 is 11.9 Å². The van der Waals surface area contributed by atoms with Crippen LogP contribution in [-0.2, 0) is 9.53 Å². The molecular weight excluding hydrogens is 592 g/mol. The van der Waals surface area contributed by atoms with Crippen LogP contribution in [0.25, 0.3) is 0 Å². The van der Waals surface area contributed by atoms with Crippen LogP contribution in [0.4, 0.5) is 5.95 Å². The van der Waals surface area contributed by atoms with Gasteiger partial charge in [0.2, 0.25) is 0 Å². The van der Waals surface area contributed by atoms with E-state index in [0.29, 0.717) is 25.4 Å². The number of anilines is 1. The quantitative estimate of drug-likeness (QED) is 0.213. The summed E-state index contributed by atoms with van der Waals surface area (Å²) in [4.78, 5) is 15.0. The molecule has 0 radical (unpaired) electrons. The number of carboxylic acids is 1. The van der Waals surface area contributed by atoms with E-state index in [0.717, 1.165) is 38.5 Å². The molecule has 1 aromatic rings. The monoisotopic (exact) mass is 656 g/mol. The van der Waals surface area contributed by atoms with Gasteiger partial charge in [-0.25, -0.2) is 0 Å². The fourth-order valence-corrected chi connectivity index (χ4v) is 11.7. The summed E-state index contributed by atoms with van der Waals surface area (Å²) in [5.74, 6) is -0.00360. The van der Waals surface area contributed by atoms with Crippen molar-refractivity contribution in [2.24, 2.45) is 62.4 Å². The number of fused-ring (bicyclic) bond motifs is 5. The van der Waals surface area contributed by atoms with Crippen molar-refractivity contribution in [2.75, 3.05) is 18.9 Å². The molecule has 4 aliphatic carbocycles. The largest absolute Gasteiger partial charge is 0.481 e. The molecule has 5 rings (SSSR count). The summed E-state index contributed by atoms with van der Waals surface area (Å²) in [6, 6.07) is -0.294. The van der Waals surface area contributed by atoms with Crippen molar-refractivity contribution < 1.29 is 19.7 Å². The number of hydrogen-bond donors (Lipinski definition) is 4. The molecule has 1 heterocycles. The van der Waals surface area contributed by atoms with Gasteiger partial charge < -0.3 is 26.4 Å². The first-order valence-corrected chi connectivity index (χ1v) is 18.3. The summed E-state index contributed by atoms with van der Waals surface area (Å²) in [6.07, 6.45) is 8.78. The highest BCUT2D eigenvalue weighted by Crippen LogP contribution is 2.74. The van der Waals surface area contributed by atoms with E-state index >= 15 is 0 Å². The molecule has 10 heteroatoms. The van der Waals surface area contributed by atoms with Gasteiger partial charge in [-0.3, -0.25) is 4.79 Å². The Labute approximate surface area is 282 Å². The van der Waals surface area contributed by atoms with Crippen LogP contribution in [0, 0.1) is 56.7 Å². The summed E-state index contributed by atoms with van der Waals surface area (Å²) < 4.78 is 6.80. The third-order valence-corrected chi connectivity index (χ3v) is 15.3. The van der Waals surface area contributed by atoms with Gasteiger partial charge in [0.15, 0.2) is 0 Å². The number of aliphatic carboxylic acids is 1. The van der Waals surface area contributed by atoms with Gasteiger partial charge in [0, 0.05) is 17.6 Å². The molecule has 10 nitrogen and oxygen atoms in total. The highest BCUT2D eigenvalue weighted by atomic mass is 16.5. The Balaban J connectivity index is 1.59. The molecule has 0 aromatic carbocycles. The second-order valence-electron chi connectivity index (χ2n) is 18.1. The molecule has 0 spiro atoms. The highest BCUT2D eigenvalue weighted by Gasteiger charge is 2.70. The van der Waals surface area contributed by atoms with Gasteiger partial charge in [0.25, 0.3) is 5.95 Å². The highest BCUT2D eigenvalue weighted by molar-refractivity contribution is 5.73. The molecule has 47 heavy (non-hydrogen) atoms. The van der Waals surface area contributed by atoms with E-state index < -0.39 is 22.7 Å². The number of aromatic nitrogens is 4.